The number of rotatable bonds is 7. The number of alkyl halides is 3. The average molecular weight is 499 g/mol. The van der Waals surface area contributed by atoms with Gasteiger partial charge in [-0.1, -0.05) is 6.07 Å². The summed E-state index contributed by atoms with van der Waals surface area (Å²) in [6.07, 6.45) is 2.74. The van der Waals surface area contributed by atoms with Crippen molar-refractivity contribution < 1.29 is 30.7 Å². The topological polar surface area (TPSA) is 99.0 Å². The van der Waals surface area contributed by atoms with Crippen LogP contribution in [0.15, 0.2) is 54.1 Å². The summed E-state index contributed by atoms with van der Waals surface area (Å²) in [4.78, 5) is 3.29. The number of halogens is 4. The summed E-state index contributed by atoms with van der Waals surface area (Å²) >= 11 is 0. The first-order chi connectivity index (χ1) is 16.1. The summed E-state index contributed by atoms with van der Waals surface area (Å²) in [6.45, 7) is -1.48. The van der Waals surface area contributed by atoms with Crippen LogP contribution in [0.4, 0.5) is 17.6 Å². The molecule has 13 heteroatoms. The zero-order valence-electron chi connectivity index (χ0n) is 17.7. The van der Waals surface area contributed by atoms with Crippen LogP contribution in [-0.4, -0.2) is 47.0 Å². The number of hydrogen-bond donors (Lipinski definition) is 1. The maximum Gasteiger partial charge on any atom is 0.422 e. The Morgan fingerprint density at radius 3 is 2.47 bits per heavy atom. The molecular formula is C21H21F4N5O3S. The molecule has 34 heavy (non-hydrogen) atoms. The molecule has 0 saturated heterocycles. The summed E-state index contributed by atoms with van der Waals surface area (Å²) in [5, 5.41) is 7.56. The Morgan fingerprint density at radius 2 is 1.82 bits per heavy atom. The molecule has 1 aliphatic carbocycles. The van der Waals surface area contributed by atoms with Crippen molar-refractivity contribution in [2.75, 3.05) is 6.61 Å². The smallest absolute Gasteiger partial charge is 0.422 e. The van der Waals surface area contributed by atoms with Crippen LogP contribution in [-0.2, 0) is 10.0 Å². The Bertz CT molecular complexity index is 1220. The summed E-state index contributed by atoms with van der Waals surface area (Å²) < 4.78 is 86.2. The normalized spacial score (nSPS) is 19.2. The maximum absolute atomic E-state index is 14.8. The van der Waals surface area contributed by atoms with Gasteiger partial charge in [0.1, 0.15) is 23.4 Å². The summed E-state index contributed by atoms with van der Waals surface area (Å²) in [5.74, 6) is -1.18. The lowest BCUT2D eigenvalue weighted by Crippen LogP contribution is -2.39. The van der Waals surface area contributed by atoms with Crippen molar-refractivity contribution in [3.05, 3.63) is 55.0 Å². The van der Waals surface area contributed by atoms with Gasteiger partial charge in [-0.3, -0.25) is 0 Å². The highest BCUT2D eigenvalue weighted by atomic mass is 32.2. The number of pyridine rings is 1. The molecule has 182 valence electrons. The molecule has 3 aromatic rings. The zero-order valence-corrected chi connectivity index (χ0v) is 18.6. The van der Waals surface area contributed by atoms with E-state index in [9.17, 15) is 26.0 Å². The second-order valence-electron chi connectivity index (χ2n) is 7.98. The van der Waals surface area contributed by atoms with Crippen molar-refractivity contribution in [1.29, 1.82) is 0 Å². The van der Waals surface area contributed by atoms with Gasteiger partial charge in [-0.15, -0.1) is 10.2 Å². The molecule has 4 rings (SSSR count). The number of nitrogens with one attached hydrogen (secondary N) is 1. The van der Waals surface area contributed by atoms with E-state index >= 15 is 0 Å². The number of ether oxygens (including phenoxy) is 1. The van der Waals surface area contributed by atoms with Crippen LogP contribution in [0.1, 0.15) is 31.7 Å². The van der Waals surface area contributed by atoms with Gasteiger partial charge in [0.05, 0.1) is 0 Å². The molecule has 8 nitrogen and oxygen atoms in total. The second kappa shape index (κ2) is 9.66. The molecule has 2 atom stereocenters. The van der Waals surface area contributed by atoms with Crippen LogP contribution < -0.4 is 9.46 Å². The fraction of sp³-hybridized carbons (Fsp3) is 0.381. The van der Waals surface area contributed by atoms with Gasteiger partial charge in [0.15, 0.2) is 6.61 Å². The first-order valence-electron chi connectivity index (χ1n) is 10.4. The Hall–Kier alpha value is -3.06. The molecule has 2 aromatic heterocycles. The lowest BCUT2D eigenvalue weighted by molar-refractivity contribution is -0.154. The molecule has 1 saturated carbocycles. The number of aromatic nitrogens is 4. The van der Waals surface area contributed by atoms with Crippen molar-refractivity contribution in [2.45, 2.75) is 48.8 Å². The van der Waals surface area contributed by atoms with Gasteiger partial charge in [-0.2, -0.15) is 13.2 Å². The highest BCUT2D eigenvalue weighted by molar-refractivity contribution is 7.89. The van der Waals surface area contributed by atoms with E-state index in [-0.39, 0.29) is 18.0 Å². The quantitative estimate of drug-likeness (QED) is 0.496. The van der Waals surface area contributed by atoms with E-state index in [2.05, 4.69) is 24.6 Å². The third-order valence-electron chi connectivity index (χ3n) is 5.50. The second-order valence-corrected chi connectivity index (χ2v) is 9.66. The Morgan fingerprint density at radius 1 is 1.09 bits per heavy atom. The third-order valence-corrected chi connectivity index (χ3v) is 7.06. The van der Waals surface area contributed by atoms with Crippen molar-refractivity contribution in [3.63, 3.8) is 0 Å². The van der Waals surface area contributed by atoms with Gasteiger partial charge in [0.2, 0.25) is 15.9 Å². The first-order valence-corrected chi connectivity index (χ1v) is 11.9. The van der Waals surface area contributed by atoms with Crippen molar-refractivity contribution in [2.24, 2.45) is 0 Å². The minimum atomic E-state index is -4.49. The van der Waals surface area contributed by atoms with E-state index in [0.29, 0.717) is 24.0 Å². The van der Waals surface area contributed by atoms with Gasteiger partial charge >= 0.3 is 6.18 Å². The van der Waals surface area contributed by atoms with Crippen LogP contribution >= 0.6 is 0 Å². The van der Waals surface area contributed by atoms with Gasteiger partial charge < -0.3 is 9.30 Å². The zero-order chi connectivity index (χ0) is 24.3. The van der Waals surface area contributed by atoms with Crippen LogP contribution in [0, 0.1) is 5.82 Å². The van der Waals surface area contributed by atoms with E-state index in [1.54, 1.807) is 12.7 Å². The molecule has 1 N–H and O–H groups in total. The first kappa shape index (κ1) is 24.1. The predicted octanol–water partition coefficient (Wildman–Crippen LogP) is 3.88. The van der Waals surface area contributed by atoms with E-state index in [1.165, 1.54) is 24.4 Å². The van der Waals surface area contributed by atoms with Crippen LogP contribution in [0.2, 0.25) is 0 Å². The predicted molar refractivity (Wildman–Crippen MR) is 113 cm³/mol. The number of sulfonamides is 1. The van der Waals surface area contributed by atoms with Gasteiger partial charge in [-0.25, -0.2) is 22.5 Å². The fourth-order valence-electron chi connectivity index (χ4n) is 3.91. The highest BCUT2D eigenvalue weighted by Crippen LogP contribution is 2.30. The Balaban J connectivity index is 1.44. The van der Waals surface area contributed by atoms with Crippen molar-refractivity contribution in [3.8, 4) is 17.0 Å². The van der Waals surface area contributed by atoms with Gasteiger partial charge in [-0.05, 0) is 49.4 Å². The minimum absolute atomic E-state index is 0.0549. The number of hydrogen-bond acceptors (Lipinski definition) is 6. The Kier molecular flexibility index (Phi) is 6.84. The molecule has 1 aromatic carbocycles. The third kappa shape index (κ3) is 5.89. The highest BCUT2D eigenvalue weighted by Gasteiger charge is 2.30. The van der Waals surface area contributed by atoms with Crippen molar-refractivity contribution in [1.82, 2.24) is 24.5 Å². The molecule has 0 amide bonds. The standard InChI is InChI=1S/C21H21F4N5O3S/c22-18-8-14(15-5-7-20(26-10-15)33-11-21(23,24)25)4-6-19(18)34(31,32)29-16-2-1-3-17(9-16)30-12-27-28-13-30/h4-8,10,12-13,16-17,29H,1-3,9,11H2. The molecule has 1 fully saturated rings. The van der Waals surface area contributed by atoms with Crippen LogP contribution in [0.25, 0.3) is 11.1 Å². The average Bonchev–Trinajstić information content (AvgIpc) is 3.32. The van der Waals surface area contributed by atoms with E-state index in [0.717, 1.165) is 25.0 Å². The van der Waals surface area contributed by atoms with Crippen LogP contribution in [0.3, 0.4) is 0 Å². The largest absolute Gasteiger partial charge is 0.468 e. The molecule has 2 unspecified atom stereocenters. The molecule has 0 spiro atoms. The molecule has 0 aliphatic heterocycles. The summed E-state index contributed by atoms with van der Waals surface area (Å²) in [5.41, 5.74) is 0.705. The SMILES string of the molecule is O=S(=O)(NC1CCCC(n2cnnc2)C1)c1ccc(-c2ccc(OCC(F)(F)F)nc2)cc1F. The van der Waals surface area contributed by atoms with Gasteiger partial charge in [0.25, 0.3) is 0 Å². The molecular weight excluding hydrogens is 478 g/mol. The summed E-state index contributed by atoms with van der Waals surface area (Å²) in [6, 6.07) is 5.93. The molecule has 2 heterocycles. The fourth-order valence-corrected chi connectivity index (χ4v) is 5.26. The summed E-state index contributed by atoms with van der Waals surface area (Å²) in [7, 11) is -4.12. The monoisotopic (exact) mass is 499 g/mol. The lowest BCUT2D eigenvalue weighted by atomic mass is 9.91. The van der Waals surface area contributed by atoms with Crippen LogP contribution in [0.5, 0.6) is 5.88 Å². The molecule has 1 aliphatic rings. The Labute approximate surface area is 193 Å². The molecule has 0 radical (unpaired) electrons. The van der Waals surface area contributed by atoms with Crippen molar-refractivity contribution >= 4 is 10.0 Å². The van der Waals surface area contributed by atoms with E-state index in [1.807, 2.05) is 4.57 Å². The van der Waals surface area contributed by atoms with E-state index in [4.69, 9.17) is 0 Å². The van der Waals surface area contributed by atoms with Gasteiger partial charge in [0, 0.05) is 29.9 Å². The molecule has 0 bridgehead atoms. The lowest BCUT2D eigenvalue weighted by Gasteiger charge is -2.30. The van der Waals surface area contributed by atoms with E-state index < -0.39 is 33.5 Å². The number of nitrogens with zero attached hydrogens (tertiary/aromatic N) is 4. The number of benzene rings is 1. The minimum Gasteiger partial charge on any atom is -0.468 e. The maximum atomic E-state index is 14.8.